The van der Waals surface area contributed by atoms with Crippen LogP contribution in [-0.4, -0.2) is 15.8 Å². The summed E-state index contributed by atoms with van der Waals surface area (Å²) in [5.74, 6) is 3.50. The van der Waals surface area contributed by atoms with E-state index >= 15 is 0 Å². The SMILES string of the molecule is CC(C)(C)c1ccc2c(c1)Oc1cc(-n3c4ccccc4c4c5c(c6c(c7ccccc7n6-c6ccccc6)c43)-c3ccccc3C5(C)C)cc3c1B2c1ccc(C(C)(C)C)cc1O3. The molecule has 0 radical (unpaired) electrons. The highest BCUT2D eigenvalue weighted by atomic mass is 16.5. The topological polar surface area (TPSA) is 28.3 Å². The molecule has 1 aliphatic carbocycles. The van der Waals surface area contributed by atoms with Crippen LogP contribution in [0.3, 0.4) is 0 Å². The van der Waals surface area contributed by atoms with E-state index in [0.717, 1.165) is 45.4 Å². The van der Waals surface area contributed by atoms with Crippen molar-refractivity contribution in [2.45, 2.75) is 71.6 Å². The van der Waals surface area contributed by atoms with Crippen molar-refractivity contribution in [1.29, 1.82) is 0 Å². The minimum Gasteiger partial charge on any atom is -0.458 e. The van der Waals surface area contributed by atoms with Gasteiger partial charge in [-0.25, -0.2) is 0 Å². The molecule has 2 aromatic heterocycles. The van der Waals surface area contributed by atoms with E-state index in [9.17, 15) is 0 Å². The van der Waals surface area contributed by atoms with Crippen molar-refractivity contribution in [1.82, 2.24) is 9.13 Å². The monoisotopic (exact) mass is 828 g/mol. The van der Waals surface area contributed by atoms with Crippen LogP contribution in [0, 0.1) is 0 Å². The number of para-hydroxylation sites is 3. The average molecular weight is 829 g/mol. The summed E-state index contributed by atoms with van der Waals surface area (Å²) in [6, 6.07) is 56.3. The van der Waals surface area contributed by atoms with Gasteiger partial charge >= 0.3 is 0 Å². The van der Waals surface area contributed by atoms with Gasteiger partial charge in [-0.15, -0.1) is 0 Å². The normalized spacial score (nSPS) is 14.6. The highest BCUT2D eigenvalue weighted by molar-refractivity contribution is 6.98. The summed E-state index contributed by atoms with van der Waals surface area (Å²) in [6.07, 6.45) is 0. The van der Waals surface area contributed by atoms with Gasteiger partial charge in [0, 0.05) is 55.8 Å². The van der Waals surface area contributed by atoms with Gasteiger partial charge in [-0.05, 0) is 86.0 Å². The number of ether oxygens (including phenoxy) is 2. The van der Waals surface area contributed by atoms with E-state index in [0.29, 0.717) is 0 Å². The first-order valence-electron chi connectivity index (χ1n) is 22.8. The Kier molecular flexibility index (Phi) is 7.40. The Bertz CT molecular complexity index is 3580. The zero-order valence-corrected chi connectivity index (χ0v) is 37.7. The van der Waals surface area contributed by atoms with Crippen LogP contribution in [0.2, 0.25) is 0 Å². The Morgan fingerprint density at radius 3 is 1.59 bits per heavy atom. The van der Waals surface area contributed by atoms with Gasteiger partial charge in [0.1, 0.15) is 23.0 Å². The number of benzene rings is 8. The summed E-state index contributed by atoms with van der Waals surface area (Å²) in [5, 5.41) is 4.99. The summed E-state index contributed by atoms with van der Waals surface area (Å²) in [6.45, 7) is 18.4. The Hall–Kier alpha value is -6.98. The first kappa shape index (κ1) is 37.6. The fraction of sp³-hybridized carbons (Fsp3) is 0.186. The first-order chi connectivity index (χ1) is 30.8. The van der Waals surface area contributed by atoms with Crippen molar-refractivity contribution in [2.75, 3.05) is 0 Å². The molecule has 3 aliphatic rings. The second-order valence-electron chi connectivity index (χ2n) is 20.9. The lowest BCUT2D eigenvalue weighted by molar-refractivity contribution is 0.461. The van der Waals surface area contributed by atoms with E-state index in [1.54, 1.807) is 0 Å². The molecule has 10 aromatic rings. The van der Waals surface area contributed by atoms with E-state index in [1.165, 1.54) is 82.4 Å². The van der Waals surface area contributed by atoms with Gasteiger partial charge in [-0.2, -0.15) is 0 Å². The number of fused-ring (bicyclic) bond motifs is 16. The van der Waals surface area contributed by atoms with Crippen LogP contribution in [0.15, 0.2) is 152 Å². The molecule has 2 aliphatic heterocycles. The summed E-state index contributed by atoms with van der Waals surface area (Å²) < 4.78 is 19.4. The van der Waals surface area contributed by atoms with E-state index in [1.807, 2.05) is 0 Å². The maximum Gasteiger partial charge on any atom is 0.260 e. The second kappa shape index (κ2) is 12.6. The van der Waals surface area contributed by atoms with Gasteiger partial charge in [0.25, 0.3) is 6.71 Å². The van der Waals surface area contributed by atoms with E-state index in [2.05, 4.69) is 216 Å². The first-order valence-corrected chi connectivity index (χ1v) is 22.8. The second-order valence-corrected chi connectivity index (χ2v) is 20.9. The average Bonchev–Trinajstić information content (AvgIpc) is 3.88. The van der Waals surface area contributed by atoms with E-state index < -0.39 is 0 Å². The lowest BCUT2D eigenvalue weighted by Crippen LogP contribution is -2.57. The molecule has 0 amide bonds. The fourth-order valence-corrected chi connectivity index (χ4v) is 11.6. The summed E-state index contributed by atoms with van der Waals surface area (Å²) in [7, 11) is 0. The molecule has 0 atom stereocenters. The molecule has 0 saturated carbocycles. The predicted molar refractivity (Wildman–Crippen MR) is 268 cm³/mol. The molecule has 8 aromatic carbocycles. The summed E-state index contributed by atoms with van der Waals surface area (Å²) in [4.78, 5) is 0. The third-order valence-corrected chi connectivity index (χ3v) is 14.7. The summed E-state index contributed by atoms with van der Waals surface area (Å²) in [5.41, 5.74) is 17.8. The highest BCUT2D eigenvalue weighted by Gasteiger charge is 2.44. The Balaban J connectivity index is 1.19. The molecule has 5 heteroatoms. The molecule has 4 heterocycles. The fourth-order valence-electron chi connectivity index (χ4n) is 11.6. The largest absolute Gasteiger partial charge is 0.458 e. The van der Waals surface area contributed by atoms with E-state index in [4.69, 9.17) is 9.47 Å². The van der Waals surface area contributed by atoms with Crippen LogP contribution in [0.1, 0.15) is 77.6 Å². The van der Waals surface area contributed by atoms with Crippen LogP contribution in [0.25, 0.3) is 66.1 Å². The van der Waals surface area contributed by atoms with Crippen LogP contribution < -0.4 is 25.9 Å². The Labute approximate surface area is 374 Å². The van der Waals surface area contributed by atoms with Gasteiger partial charge in [-0.1, -0.05) is 159 Å². The lowest BCUT2D eigenvalue weighted by Gasteiger charge is -2.35. The minimum atomic E-state index is -0.282. The lowest BCUT2D eigenvalue weighted by atomic mass is 9.34. The molecule has 0 bridgehead atoms. The third kappa shape index (κ3) is 4.96. The van der Waals surface area contributed by atoms with Crippen molar-refractivity contribution in [3.63, 3.8) is 0 Å². The standard InChI is InChI=1S/C59H49BN2O2/c1-57(2,3)34-26-28-42-46(30-34)63-48-32-37(33-49-54(48)60(42)43-29-27-35(58(4,5)6)31-47(43)64-49)62-44-24-16-13-21-39(44)51-53-50(38-20-12-15-23-41(38)59(53,7)8)55-52(56(51)62)40-22-14-17-25-45(40)61(55)36-18-10-9-11-19-36/h9-33H,1-8H3. The number of nitrogens with zero attached hydrogens (tertiary/aromatic N) is 2. The van der Waals surface area contributed by atoms with Crippen molar-refractivity contribution in [3.05, 3.63) is 174 Å². The molecule has 0 fully saturated rings. The van der Waals surface area contributed by atoms with Crippen LogP contribution >= 0.6 is 0 Å². The minimum absolute atomic E-state index is 0.0362. The number of rotatable bonds is 2. The van der Waals surface area contributed by atoms with Gasteiger partial charge in [0.15, 0.2) is 0 Å². The van der Waals surface area contributed by atoms with Crippen molar-refractivity contribution < 1.29 is 9.47 Å². The maximum atomic E-state index is 7.19. The van der Waals surface area contributed by atoms with Gasteiger partial charge in [-0.3, -0.25) is 0 Å². The number of hydrogen-bond acceptors (Lipinski definition) is 2. The molecule has 0 N–H and O–H groups in total. The third-order valence-electron chi connectivity index (χ3n) is 14.7. The van der Waals surface area contributed by atoms with Gasteiger partial charge in [0.05, 0.1) is 27.8 Å². The molecule has 13 rings (SSSR count). The van der Waals surface area contributed by atoms with E-state index in [-0.39, 0.29) is 23.0 Å². The van der Waals surface area contributed by atoms with Crippen molar-refractivity contribution in [2.24, 2.45) is 0 Å². The predicted octanol–water partition coefficient (Wildman–Crippen LogP) is 13.5. The Morgan fingerprint density at radius 1 is 0.484 bits per heavy atom. The smallest absolute Gasteiger partial charge is 0.260 e. The van der Waals surface area contributed by atoms with Gasteiger partial charge in [0.2, 0.25) is 0 Å². The molecular formula is C59H49BN2O2. The quantitative estimate of drug-likeness (QED) is 0.162. The zero-order chi connectivity index (χ0) is 43.6. The van der Waals surface area contributed by atoms with Crippen molar-refractivity contribution in [3.8, 4) is 45.5 Å². The van der Waals surface area contributed by atoms with Crippen LogP contribution in [0.4, 0.5) is 0 Å². The van der Waals surface area contributed by atoms with Crippen molar-refractivity contribution >= 4 is 66.7 Å². The number of hydrogen-bond donors (Lipinski definition) is 0. The van der Waals surface area contributed by atoms with Gasteiger partial charge < -0.3 is 18.6 Å². The molecule has 4 nitrogen and oxygen atoms in total. The maximum absolute atomic E-state index is 7.19. The van der Waals surface area contributed by atoms with Crippen LogP contribution in [-0.2, 0) is 16.2 Å². The molecule has 0 saturated heterocycles. The molecule has 0 unspecified atom stereocenters. The molecule has 0 spiro atoms. The number of aromatic nitrogens is 2. The zero-order valence-electron chi connectivity index (χ0n) is 37.7. The molecule has 64 heavy (non-hydrogen) atoms. The summed E-state index contributed by atoms with van der Waals surface area (Å²) >= 11 is 0. The molecule has 310 valence electrons. The highest BCUT2D eigenvalue weighted by Crippen LogP contribution is 2.58. The Morgan fingerprint density at radius 2 is 1.00 bits per heavy atom. The van der Waals surface area contributed by atoms with Crippen LogP contribution in [0.5, 0.6) is 23.0 Å². The molecular weight excluding hydrogens is 779 g/mol.